The molecule has 4 rings (SSSR count). The lowest BCUT2D eigenvalue weighted by Crippen LogP contribution is -2.45. The van der Waals surface area contributed by atoms with E-state index in [0.29, 0.717) is 13.1 Å². The van der Waals surface area contributed by atoms with Gasteiger partial charge in [0.1, 0.15) is 23.0 Å². The molecule has 16 heteroatoms. The van der Waals surface area contributed by atoms with E-state index in [2.05, 4.69) is 21.3 Å². The molecule has 4 N–H and O–H groups in total. The van der Waals surface area contributed by atoms with Crippen molar-refractivity contribution < 1.29 is 47.7 Å². The molecule has 0 saturated heterocycles. The predicted molar refractivity (Wildman–Crippen MR) is 175 cm³/mol. The van der Waals surface area contributed by atoms with Gasteiger partial charge in [0.25, 0.3) is 23.6 Å². The number of anilines is 4. The molecule has 0 aromatic heterocycles. The Morgan fingerprint density at radius 1 is 0.562 bits per heavy atom. The average Bonchev–Trinajstić information content (AvgIpc) is 3.60. The molecule has 0 spiro atoms. The second-order valence-corrected chi connectivity index (χ2v) is 10.5. The second kappa shape index (κ2) is 15.2. The van der Waals surface area contributed by atoms with Crippen molar-refractivity contribution in [2.75, 3.05) is 62.0 Å². The lowest BCUT2D eigenvalue weighted by atomic mass is 10.2. The number of carbonyl (C=O) groups is 6. The van der Waals surface area contributed by atoms with Crippen LogP contribution in [0.3, 0.4) is 0 Å². The Balaban J connectivity index is 1.31. The normalized spacial score (nSPS) is 15.1. The fraction of sp³-hybridized carbons (Fsp3) is 0.312. The van der Waals surface area contributed by atoms with Crippen LogP contribution in [-0.4, -0.2) is 89.1 Å². The molecule has 48 heavy (non-hydrogen) atoms. The molecule has 16 nitrogen and oxygen atoms in total. The Bertz CT molecular complexity index is 1540. The SMILES string of the molecule is COc1cc(N2C(=O)C=CC2=O)c(OC)cc1NC(=O)[C@H](C)NCCN[C@@H](C)C(=O)Nc1cc(OC)c(N2C(=O)C=CC2=O)cc1OC. The van der Waals surface area contributed by atoms with E-state index in [-0.39, 0.29) is 45.7 Å². The number of hydrogen-bond donors (Lipinski definition) is 4. The van der Waals surface area contributed by atoms with Gasteiger partial charge in [-0.05, 0) is 13.8 Å². The van der Waals surface area contributed by atoms with E-state index in [9.17, 15) is 28.8 Å². The summed E-state index contributed by atoms with van der Waals surface area (Å²) in [7, 11) is 5.51. The Morgan fingerprint density at radius 3 is 1.17 bits per heavy atom. The maximum Gasteiger partial charge on any atom is 0.258 e. The quantitative estimate of drug-likeness (QED) is 0.157. The summed E-state index contributed by atoms with van der Waals surface area (Å²) in [6, 6.07) is 4.44. The van der Waals surface area contributed by atoms with Crippen molar-refractivity contribution in [3.63, 3.8) is 0 Å². The molecule has 0 radical (unpaired) electrons. The molecule has 0 aliphatic carbocycles. The molecule has 0 bridgehead atoms. The topological polar surface area (TPSA) is 194 Å². The van der Waals surface area contributed by atoms with Crippen LogP contribution in [0.1, 0.15) is 13.8 Å². The number of amides is 6. The van der Waals surface area contributed by atoms with Crippen molar-refractivity contribution in [3.05, 3.63) is 48.6 Å². The first-order chi connectivity index (χ1) is 22.9. The lowest BCUT2D eigenvalue weighted by Gasteiger charge is -2.22. The van der Waals surface area contributed by atoms with Gasteiger partial charge < -0.3 is 40.2 Å². The van der Waals surface area contributed by atoms with E-state index in [1.54, 1.807) is 13.8 Å². The van der Waals surface area contributed by atoms with Crippen molar-refractivity contribution >= 4 is 58.2 Å². The van der Waals surface area contributed by atoms with E-state index < -0.39 is 47.5 Å². The maximum atomic E-state index is 13.0. The summed E-state index contributed by atoms with van der Waals surface area (Å²) in [6.07, 6.45) is 4.59. The molecule has 0 saturated carbocycles. The minimum absolute atomic E-state index is 0.171. The predicted octanol–water partition coefficient (Wildman–Crippen LogP) is 1.11. The van der Waals surface area contributed by atoms with Crippen LogP contribution in [0, 0.1) is 0 Å². The van der Waals surface area contributed by atoms with E-state index in [1.807, 2.05) is 0 Å². The molecule has 2 atom stereocenters. The zero-order chi connectivity index (χ0) is 35.1. The molecule has 0 fully saturated rings. The highest BCUT2D eigenvalue weighted by molar-refractivity contribution is 6.29. The molecule has 2 aliphatic heterocycles. The number of nitrogens with one attached hydrogen (secondary N) is 4. The minimum atomic E-state index is -0.669. The number of benzene rings is 2. The smallest absolute Gasteiger partial charge is 0.258 e. The monoisotopic (exact) mass is 664 g/mol. The summed E-state index contributed by atoms with van der Waals surface area (Å²) < 4.78 is 21.5. The van der Waals surface area contributed by atoms with Gasteiger partial charge in [-0.15, -0.1) is 0 Å². The van der Waals surface area contributed by atoms with Crippen LogP contribution < -0.4 is 50.0 Å². The fourth-order valence-corrected chi connectivity index (χ4v) is 4.83. The first kappa shape index (κ1) is 35.1. The first-order valence-corrected chi connectivity index (χ1v) is 14.7. The summed E-state index contributed by atoms with van der Waals surface area (Å²) in [6.45, 7) is 3.93. The second-order valence-electron chi connectivity index (χ2n) is 10.5. The van der Waals surface area contributed by atoms with Crippen LogP contribution in [-0.2, 0) is 28.8 Å². The van der Waals surface area contributed by atoms with Crippen molar-refractivity contribution in [3.8, 4) is 23.0 Å². The summed E-state index contributed by atoms with van der Waals surface area (Å²) in [5.74, 6) is -2.16. The molecule has 2 aliphatic rings. The van der Waals surface area contributed by atoms with Crippen LogP contribution in [0.5, 0.6) is 23.0 Å². The van der Waals surface area contributed by atoms with Crippen LogP contribution in [0.4, 0.5) is 22.7 Å². The highest BCUT2D eigenvalue weighted by Crippen LogP contribution is 2.41. The molecule has 254 valence electrons. The van der Waals surface area contributed by atoms with Gasteiger partial charge in [0.2, 0.25) is 11.8 Å². The van der Waals surface area contributed by atoms with Crippen LogP contribution in [0.2, 0.25) is 0 Å². The summed E-state index contributed by atoms with van der Waals surface area (Å²) in [5.41, 5.74) is 0.875. The highest BCUT2D eigenvalue weighted by Gasteiger charge is 2.31. The van der Waals surface area contributed by atoms with Crippen molar-refractivity contribution in [2.45, 2.75) is 25.9 Å². The largest absolute Gasteiger partial charge is 0.494 e. The number of methoxy groups -OCH3 is 4. The number of ether oxygens (including phenoxy) is 4. The van der Waals surface area contributed by atoms with Gasteiger partial charge in [-0.25, -0.2) is 9.80 Å². The average molecular weight is 665 g/mol. The number of carbonyl (C=O) groups excluding carboxylic acids is 6. The Hall–Kier alpha value is -5.74. The Kier molecular flexibility index (Phi) is 11.1. The summed E-state index contributed by atoms with van der Waals surface area (Å²) in [4.78, 5) is 76.6. The number of rotatable bonds is 15. The summed E-state index contributed by atoms with van der Waals surface area (Å²) in [5, 5.41) is 11.7. The molecular formula is C32H36N6O10. The van der Waals surface area contributed by atoms with Gasteiger partial charge in [0.05, 0.1) is 63.3 Å². The maximum absolute atomic E-state index is 13.0. The van der Waals surface area contributed by atoms with Crippen molar-refractivity contribution in [1.82, 2.24) is 10.6 Å². The van der Waals surface area contributed by atoms with Crippen molar-refractivity contribution in [1.29, 1.82) is 0 Å². The molecular weight excluding hydrogens is 628 g/mol. The van der Waals surface area contributed by atoms with Crippen LogP contribution in [0.15, 0.2) is 48.6 Å². The zero-order valence-corrected chi connectivity index (χ0v) is 27.2. The van der Waals surface area contributed by atoms with Gasteiger partial charge >= 0.3 is 0 Å². The third-order valence-electron chi connectivity index (χ3n) is 7.43. The lowest BCUT2D eigenvalue weighted by molar-refractivity contribution is -0.121. The van der Waals surface area contributed by atoms with Crippen molar-refractivity contribution in [2.24, 2.45) is 0 Å². The molecule has 2 aromatic carbocycles. The third kappa shape index (κ3) is 7.45. The van der Waals surface area contributed by atoms with Crippen LogP contribution >= 0.6 is 0 Å². The summed E-state index contributed by atoms with van der Waals surface area (Å²) >= 11 is 0. The molecule has 2 heterocycles. The van der Waals surface area contributed by atoms with Gasteiger partial charge in [0.15, 0.2) is 0 Å². The van der Waals surface area contributed by atoms with Gasteiger partial charge in [-0.2, -0.15) is 0 Å². The number of nitrogens with zero attached hydrogens (tertiary/aromatic N) is 2. The third-order valence-corrected chi connectivity index (χ3v) is 7.43. The van der Waals surface area contributed by atoms with E-state index in [0.717, 1.165) is 34.1 Å². The van der Waals surface area contributed by atoms with E-state index >= 15 is 0 Å². The Morgan fingerprint density at radius 2 is 0.875 bits per heavy atom. The van der Waals surface area contributed by atoms with Gasteiger partial charge in [-0.3, -0.25) is 28.8 Å². The van der Waals surface area contributed by atoms with E-state index in [1.165, 1.54) is 52.7 Å². The minimum Gasteiger partial charge on any atom is -0.494 e. The molecule has 0 unspecified atom stereocenters. The number of hydrogen-bond acceptors (Lipinski definition) is 12. The van der Waals surface area contributed by atoms with E-state index in [4.69, 9.17) is 18.9 Å². The number of imide groups is 2. The highest BCUT2D eigenvalue weighted by atomic mass is 16.5. The van der Waals surface area contributed by atoms with Gasteiger partial charge in [0, 0.05) is 61.7 Å². The standard InChI is InChI=1S/C32H36N6O10/c1-17(31(43)35-19-13-25(47-5)21(15-23(19)45-3)37-27(39)7-8-28(37)40)33-11-12-34-18(2)32(44)36-20-14-26(48-6)22(16-24(20)46-4)38-29(41)9-10-30(38)42/h7-10,13-18,33-34H,11-12H2,1-6H3,(H,35,43)(H,36,44)/t17-,18-/m0/s1. The fourth-order valence-electron chi connectivity index (χ4n) is 4.83. The first-order valence-electron chi connectivity index (χ1n) is 14.7. The van der Waals surface area contributed by atoms with Crippen LogP contribution in [0.25, 0.3) is 0 Å². The molecule has 6 amide bonds. The Labute approximate surface area is 276 Å². The molecule has 2 aromatic rings. The zero-order valence-electron chi connectivity index (χ0n) is 27.2. The van der Waals surface area contributed by atoms with Gasteiger partial charge in [-0.1, -0.05) is 0 Å².